The molecule has 1 amide bonds. The van der Waals surface area contributed by atoms with Crippen LogP contribution in [0.3, 0.4) is 0 Å². The van der Waals surface area contributed by atoms with Gasteiger partial charge in [0.05, 0.1) is 5.56 Å². The molecule has 5 heterocycles. The number of fused-ring (bicyclic) bond motifs is 4. The largest absolute Gasteiger partial charge is 0.348 e. The standard InChI is InChI=1S/C16H18ClN3O/c17-15-3-1-2-13-8-12(9-20(13)15)16(21)18-14-10-19-6-4-11(14)5-7-19/h1-3,8-9,11,14H,4-7,10H2,(H,18,21)/t14-/m0/s1. The van der Waals surface area contributed by atoms with Gasteiger partial charge in [0.1, 0.15) is 5.15 Å². The van der Waals surface area contributed by atoms with E-state index >= 15 is 0 Å². The summed E-state index contributed by atoms with van der Waals surface area (Å²) in [5, 5.41) is 3.83. The first-order chi connectivity index (χ1) is 10.2. The Morgan fingerprint density at radius 1 is 1.29 bits per heavy atom. The van der Waals surface area contributed by atoms with Crippen molar-refractivity contribution in [2.45, 2.75) is 18.9 Å². The summed E-state index contributed by atoms with van der Waals surface area (Å²) >= 11 is 6.14. The lowest BCUT2D eigenvalue weighted by atomic mass is 9.84. The number of carbonyl (C=O) groups is 1. The molecule has 0 aromatic carbocycles. The first-order valence-corrected chi connectivity index (χ1v) is 7.88. The minimum Gasteiger partial charge on any atom is -0.348 e. The molecule has 4 nitrogen and oxygen atoms in total. The number of halogens is 1. The molecular weight excluding hydrogens is 286 g/mol. The lowest BCUT2D eigenvalue weighted by Gasteiger charge is -2.44. The van der Waals surface area contributed by atoms with E-state index in [0.29, 0.717) is 22.7 Å². The number of hydrogen-bond donors (Lipinski definition) is 1. The first kappa shape index (κ1) is 13.2. The molecule has 5 heteroatoms. The van der Waals surface area contributed by atoms with Crippen LogP contribution in [0.5, 0.6) is 0 Å². The molecule has 0 saturated carbocycles. The minimum atomic E-state index is 0.00789. The molecule has 2 aromatic heterocycles. The van der Waals surface area contributed by atoms with E-state index in [4.69, 9.17) is 11.6 Å². The van der Waals surface area contributed by atoms with Gasteiger partial charge in [-0.1, -0.05) is 17.7 Å². The van der Waals surface area contributed by atoms with Gasteiger partial charge in [0.2, 0.25) is 0 Å². The van der Waals surface area contributed by atoms with Crippen molar-refractivity contribution in [3.8, 4) is 0 Å². The van der Waals surface area contributed by atoms with Gasteiger partial charge < -0.3 is 14.6 Å². The van der Waals surface area contributed by atoms with Crippen molar-refractivity contribution in [3.63, 3.8) is 0 Å². The molecule has 3 aliphatic heterocycles. The fraction of sp³-hybridized carbons (Fsp3) is 0.438. The zero-order valence-electron chi connectivity index (χ0n) is 11.8. The number of rotatable bonds is 2. The number of hydrogen-bond acceptors (Lipinski definition) is 2. The van der Waals surface area contributed by atoms with E-state index in [-0.39, 0.29) is 5.91 Å². The van der Waals surface area contributed by atoms with E-state index in [2.05, 4.69) is 10.2 Å². The highest BCUT2D eigenvalue weighted by Crippen LogP contribution is 2.27. The van der Waals surface area contributed by atoms with Crippen LogP contribution in [-0.4, -0.2) is 40.9 Å². The Balaban J connectivity index is 1.55. The van der Waals surface area contributed by atoms with E-state index in [1.54, 1.807) is 0 Å². The summed E-state index contributed by atoms with van der Waals surface area (Å²) in [6.45, 7) is 3.36. The normalized spacial score (nSPS) is 28.0. The summed E-state index contributed by atoms with van der Waals surface area (Å²) in [6.07, 6.45) is 4.22. The van der Waals surface area contributed by atoms with E-state index in [9.17, 15) is 4.79 Å². The number of nitrogens with zero attached hydrogens (tertiary/aromatic N) is 2. The monoisotopic (exact) mass is 303 g/mol. The molecule has 110 valence electrons. The van der Waals surface area contributed by atoms with Crippen LogP contribution in [0.2, 0.25) is 5.15 Å². The Morgan fingerprint density at radius 3 is 2.76 bits per heavy atom. The van der Waals surface area contributed by atoms with E-state index < -0.39 is 0 Å². The van der Waals surface area contributed by atoms with Crippen LogP contribution in [0.25, 0.3) is 5.52 Å². The molecule has 1 atom stereocenters. The molecule has 1 N–H and O–H groups in total. The molecule has 5 rings (SSSR count). The lowest BCUT2D eigenvalue weighted by molar-refractivity contribution is 0.0620. The summed E-state index contributed by atoms with van der Waals surface area (Å²) in [6, 6.07) is 7.86. The number of aromatic nitrogens is 1. The number of nitrogens with one attached hydrogen (secondary N) is 1. The molecule has 0 spiro atoms. The molecule has 0 radical (unpaired) electrons. The van der Waals surface area contributed by atoms with Crippen LogP contribution < -0.4 is 5.32 Å². The second-order valence-corrected chi connectivity index (χ2v) is 6.48. The molecule has 3 aliphatic rings. The molecular formula is C16H18ClN3O. The quantitative estimate of drug-likeness (QED) is 0.865. The smallest absolute Gasteiger partial charge is 0.253 e. The van der Waals surface area contributed by atoms with Crippen LogP contribution >= 0.6 is 11.6 Å². The summed E-state index contributed by atoms with van der Waals surface area (Å²) in [4.78, 5) is 14.9. The molecule has 3 fully saturated rings. The molecule has 2 bridgehead atoms. The van der Waals surface area contributed by atoms with Crippen LogP contribution in [-0.2, 0) is 0 Å². The third-order valence-electron chi connectivity index (χ3n) is 4.82. The fourth-order valence-electron chi connectivity index (χ4n) is 3.60. The van der Waals surface area contributed by atoms with Crippen molar-refractivity contribution in [2.24, 2.45) is 5.92 Å². The van der Waals surface area contributed by atoms with Crippen molar-refractivity contribution in [2.75, 3.05) is 19.6 Å². The average Bonchev–Trinajstić information content (AvgIpc) is 2.94. The van der Waals surface area contributed by atoms with E-state index in [0.717, 1.165) is 12.1 Å². The second kappa shape index (κ2) is 5.04. The third kappa shape index (κ3) is 2.32. The fourth-order valence-corrected chi connectivity index (χ4v) is 3.82. The van der Waals surface area contributed by atoms with Crippen LogP contribution in [0.4, 0.5) is 0 Å². The summed E-state index contributed by atoms with van der Waals surface area (Å²) in [5.41, 5.74) is 1.63. The van der Waals surface area contributed by atoms with Crippen molar-refractivity contribution >= 4 is 23.0 Å². The highest BCUT2D eigenvalue weighted by molar-refractivity contribution is 6.29. The van der Waals surface area contributed by atoms with Crippen LogP contribution in [0.15, 0.2) is 30.5 Å². The van der Waals surface area contributed by atoms with Gasteiger partial charge in [-0.3, -0.25) is 4.79 Å². The SMILES string of the molecule is O=C(N[C@H]1CN2CCC1CC2)c1cc2cccc(Cl)n2c1. The predicted octanol–water partition coefficient (Wildman–Crippen LogP) is 2.42. The Bertz CT molecular complexity index is 688. The molecule has 2 aromatic rings. The average molecular weight is 304 g/mol. The third-order valence-corrected chi connectivity index (χ3v) is 5.12. The van der Waals surface area contributed by atoms with Crippen molar-refractivity contribution in [3.05, 3.63) is 41.2 Å². The Kier molecular flexibility index (Phi) is 3.16. The number of amides is 1. The van der Waals surface area contributed by atoms with Gasteiger partial charge in [0.15, 0.2) is 0 Å². The van der Waals surface area contributed by atoms with Gasteiger partial charge in [0, 0.05) is 24.3 Å². The van der Waals surface area contributed by atoms with Crippen LogP contribution in [0, 0.1) is 5.92 Å². The summed E-state index contributed by atoms with van der Waals surface area (Å²) in [7, 11) is 0. The lowest BCUT2D eigenvalue weighted by Crippen LogP contribution is -2.57. The molecule has 0 aliphatic carbocycles. The zero-order chi connectivity index (χ0) is 14.4. The highest BCUT2D eigenvalue weighted by atomic mass is 35.5. The molecule has 0 unspecified atom stereocenters. The second-order valence-electron chi connectivity index (χ2n) is 6.09. The number of carbonyl (C=O) groups excluding carboxylic acids is 1. The predicted molar refractivity (Wildman–Crippen MR) is 82.8 cm³/mol. The maximum Gasteiger partial charge on any atom is 0.253 e. The van der Waals surface area contributed by atoms with Gasteiger partial charge in [-0.05, 0) is 50.0 Å². The van der Waals surface area contributed by atoms with Crippen LogP contribution in [0.1, 0.15) is 23.2 Å². The van der Waals surface area contributed by atoms with Crippen molar-refractivity contribution in [1.29, 1.82) is 0 Å². The van der Waals surface area contributed by atoms with E-state index in [1.807, 2.05) is 34.9 Å². The highest BCUT2D eigenvalue weighted by Gasteiger charge is 2.35. The number of piperidine rings is 3. The number of pyridine rings is 1. The van der Waals surface area contributed by atoms with Gasteiger partial charge >= 0.3 is 0 Å². The minimum absolute atomic E-state index is 0.00789. The van der Waals surface area contributed by atoms with Gasteiger partial charge in [0.25, 0.3) is 5.91 Å². The Morgan fingerprint density at radius 2 is 2.10 bits per heavy atom. The maximum absolute atomic E-state index is 12.5. The van der Waals surface area contributed by atoms with Gasteiger partial charge in [-0.25, -0.2) is 0 Å². The maximum atomic E-state index is 12.5. The van der Waals surface area contributed by atoms with Gasteiger partial charge in [-0.15, -0.1) is 0 Å². The van der Waals surface area contributed by atoms with E-state index in [1.165, 1.54) is 25.9 Å². The summed E-state index contributed by atoms with van der Waals surface area (Å²) in [5.74, 6) is 0.646. The van der Waals surface area contributed by atoms with Gasteiger partial charge in [-0.2, -0.15) is 0 Å². The van der Waals surface area contributed by atoms with Crippen molar-refractivity contribution < 1.29 is 4.79 Å². The van der Waals surface area contributed by atoms with Crippen molar-refractivity contribution in [1.82, 2.24) is 14.6 Å². The topological polar surface area (TPSA) is 36.8 Å². The first-order valence-electron chi connectivity index (χ1n) is 7.50. The molecule has 21 heavy (non-hydrogen) atoms. The summed E-state index contributed by atoms with van der Waals surface area (Å²) < 4.78 is 1.84. The Hall–Kier alpha value is -1.52. The zero-order valence-corrected chi connectivity index (χ0v) is 12.5. The Labute approximate surface area is 128 Å². The molecule has 3 saturated heterocycles.